The van der Waals surface area contributed by atoms with Gasteiger partial charge in [0.15, 0.2) is 17.4 Å². The van der Waals surface area contributed by atoms with Gasteiger partial charge in [0.2, 0.25) is 5.95 Å². The van der Waals surface area contributed by atoms with Crippen molar-refractivity contribution < 1.29 is 13.5 Å². The Morgan fingerprint density at radius 3 is 2.75 bits per heavy atom. The fourth-order valence-corrected chi connectivity index (χ4v) is 3.76. The second kappa shape index (κ2) is 7.87. The van der Waals surface area contributed by atoms with Gasteiger partial charge in [0.25, 0.3) is 0 Å². The Bertz CT molecular complexity index is 855. The summed E-state index contributed by atoms with van der Waals surface area (Å²) in [6.07, 6.45) is 3.04. The van der Waals surface area contributed by atoms with E-state index >= 15 is 0 Å². The van der Waals surface area contributed by atoms with Crippen LogP contribution in [0.3, 0.4) is 0 Å². The summed E-state index contributed by atoms with van der Waals surface area (Å²) < 4.78 is 34.8. The lowest BCUT2D eigenvalue weighted by Gasteiger charge is -2.34. The molecule has 0 bridgehead atoms. The zero-order valence-corrected chi connectivity index (χ0v) is 16.1. The molecule has 28 heavy (non-hydrogen) atoms. The van der Waals surface area contributed by atoms with Crippen molar-refractivity contribution in [1.82, 2.24) is 15.3 Å². The van der Waals surface area contributed by atoms with E-state index in [2.05, 4.69) is 25.5 Å². The minimum absolute atomic E-state index is 0.0856. The molecular formula is C20H25F2N5O. The van der Waals surface area contributed by atoms with Gasteiger partial charge in [-0.15, -0.1) is 0 Å². The highest BCUT2D eigenvalue weighted by molar-refractivity contribution is 5.72. The van der Waals surface area contributed by atoms with Gasteiger partial charge in [-0.1, -0.05) is 0 Å². The maximum absolute atomic E-state index is 14.7. The second-order valence-corrected chi connectivity index (χ2v) is 7.50. The number of hydrogen-bond acceptors (Lipinski definition) is 6. The van der Waals surface area contributed by atoms with Crippen molar-refractivity contribution in [3.8, 4) is 17.0 Å². The summed E-state index contributed by atoms with van der Waals surface area (Å²) in [6.45, 7) is 6.99. The molecular weight excluding hydrogens is 364 g/mol. The van der Waals surface area contributed by atoms with Crippen LogP contribution in [-0.2, 0) is 0 Å². The number of fused-ring (bicyclic) bond motifs is 1. The first-order chi connectivity index (χ1) is 13.5. The van der Waals surface area contributed by atoms with E-state index < -0.39 is 11.6 Å². The Morgan fingerprint density at radius 2 is 2.00 bits per heavy atom. The maximum atomic E-state index is 14.7. The molecule has 1 aromatic heterocycles. The molecule has 0 unspecified atom stereocenters. The number of hydrogen-bond donors (Lipinski definition) is 2. The highest BCUT2D eigenvalue weighted by Crippen LogP contribution is 2.39. The van der Waals surface area contributed by atoms with Crippen LogP contribution in [0.5, 0.6) is 5.75 Å². The molecule has 6 nitrogen and oxygen atoms in total. The normalized spacial score (nSPS) is 17.4. The molecule has 0 atom stereocenters. The number of halogens is 2. The van der Waals surface area contributed by atoms with Crippen molar-refractivity contribution in [2.75, 3.05) is 36.5 Å². The zero-order chi connectivity index (χ0) is 19.7. The molecule has 2 aliphatic heterocycles. The van der Waals surface area contributed by atoms with E-state index in [1.807, 2.05) is 13.8 Å². The van der Waals surface area contributed by atoms with E-state index in [1.54, 1.807) is 6.07 Å². The van der Waals surface area contributed by atoms with Crippen molar-refractivity contribution in [3.05, 3.63) is 30.0 Å². The van der Waals surface area contributed by atoms with E-state index in [9.17, 15) is 8.78 Å². The molecule has 1 saturated heterocycles. The Morgan fingerprint density at radius 1 is 1.21 bits per heavy atom. The van der Waals surface area contributed by atoms with E-state index in [0.29, 0.717) is 30.4 Å². The summed E-state index contributed by atoms with van der Waals surface area (Å²) in [5, 5.41) is 6.56. The molecule has 1 fully saturated rings. The third-order valence-corrected chi connectivity index (χ3v) is 5.23. The molecule has 2 aromatic rings. The van der Waals surface area contributed by atoms with Gasteiger partial charge in [0, 0.05) is 17.6 Å². The van der Waals surface area contributed by atoms with E-state index in [4.69, 9.17) is 4.74 Å². The molecule has 0 radical (unpaired) electrons. The van der Waals surface area contributed by atoms with Gasteiger partial charge >= 0.3 is 0 Å². The zero-order valence-electron chi connectivity index (χ0n) is 16.1. The average Bonchev–Trinajstić information content (AvgIpc) is 2.69. The number of ether oxygens (including phenoxy) is 1. The lowest BCUT2D eigenvalue weighted by atomic mass is 10.1. The van der Waals surface area contributed by atoms with Gasteiger partial charge in [0.1, 0.15) is 12.3 Å². The summed E-state index contributed by atoms with van der Waals surface area (Å²) in [5.41, 5.74) is 1.09. The molecule has 4 rings (SSSR count). The molecule has 150 valence electrons. The summed E-state index contributed by atoms with van der Waals surface area (Å²) in [4.78, 5) is 10.5. The molecule has 8 heteroatoms. The Hall–Kier alpha value is -2.48. The van der Waals surface area contributed by atoms with Crippen molar-refractivity contribution in [2.45, 2.75) is 38.8 Å². The number of benzene rings is 1. The van der Waals surface area contributed by atoms with Crippen molar-refractivity contribution in [3.63, 3.8) is 0 Å². The highest BCUT2D eigenvalue weighted by atomic mass is 19.1. The first-order valence-corrected chi connectivity index (χ1v) is 9.76. The Kier molecular flexibility index (Phi) is 5.30. The number of nitrogens with one attached hydrogen (secondary N) is 2. The fourth-order valence-electron chi connectivity index (χ4n) is 3.76. The number of piperidine rings is 1. The van der Waals surface area contributed by atoms with E-state index in [1.165, 1.54) is 6.07 Å². The molecule has 0 aliphatic carbocycles. The number of anilines is 2. The predicted octanol–water partition coefficient (Wildman–Crippen LogP) is 3.19. The minimum atomic E-state index is -0.581. The third-order valence-electron chi connectivity index (χ3n) is 5.23. The first kappa shape index (κ1) is 18.9. The summed E-state index contributed by atoms with van der Waals surface area (Å²) in [6, 6.07) is 3.44. The van der Waals surface area contributed by atoms with Crippen molar-refractivity contribution in [1.29, 1.82) is 0 Å². The van der Waals surface area contributed by atoms with Crippen LogP contribution in [0.15, 0.2) is 18.3 Å². The smallest absolute Gasteiger partial charge is 0.223 e. The van der Waals surface area contributed by atoms with Gasteiger partial charge in [0.05, 0.1) is 18.4 Å². The SMILES string of the molecule is CC(C)N1CCOc2c(F)cc(-c3nc(NC4CCNCC4)ncc3F)cc21. The third kappa shape index (κ3) is 3.73. The van der Waals surface area contributed by atoms with Gasteiger partial charge in [-0.3, -0.25) is 0 Å². The van der Waals surface area contributed by atoms with E-state index in [-0.39, 0.29) is 23.5 Å². The highest BCUT2D eigenvalue weighted by Gasteiger charge is 2.26. The van der Waals surface area contributed by atoms with Crippen molar-refractivity contribution >= 4 is 11.6 Å². The number of nitrogens with zero attached hydrogens (tertiary/aromatic N) is 3. The van der Waals surface area contributed by atoms with Gasteiger partial charge < -0.3 is 20.3 Å². The van der Waals surface area contributed by atoms with Crippen LogP contribution in [0, 0.1) is 11.6 Å². The quantitative estimate of drug-likeness (QED) is 0.838. The minimum Gasteiger partial charge on any atom is -0.486 e. The van der Waals surface area contributed by atoms with Gasteiger partial charge in [-0.05, 0) is 51.9 Å². The molecule has 2 aliphatic rings. The van der Waals surface area contributed by atoms with Crippen LogP contribution >= 0.6 is 0 Å². The lowest BCUT2D eigenvalue weighted by Crippen LogP contribution is -2.38. The van der Waals surface area contributed by atoms with Crippen LogP contribution in [0.1, 0.15) is 26.7 Å². The predicted molar refractivity (Wildman–Crippen MR) is 105 cm³/mol. The monoisotopic (exact) mass is 389 g/mol. The van der Waals surface area contributed by atoms with Gasteiger partial charge in [-0.2, -0.15) is 0 Å². The molecule has 0 saturated carbocycles. The molecule has 0 amide bonds. The molecule has 3 heterocycles. The molecule has 2 N–H and O–H groups in total. The van der Waals surface area contributed by atoms with Crippen molar-refractivity contribution in [2.24, 2.45) is 0 Å². The number of rotatable bonds is 4. The Labute approximate surface area is 163 Å². The second-order valence-electron chi connectivity index (χ2n) is 7.50. The summed E-state index contributed by atoms with van der Waals surface area (Å²) in [7, 11) is 0. The first-order valence-electron chi connectivity index (χ1n) is 9.76. The van der Waals surface area contributed by atoms with Crippen LogP contribution < -0.4 is 20.3 Å². The molecule has 0 spiro atoms. The molecule has 1 aromatic carbocycles. The van der Waals surface area contributed by atoms with E-state index in [0.717, 1.165) is 32.1 Å². The Balaban J connectivity index is 1.69. The van der Waals surface area contributed by atoms with Crippen LogP contribution in [0.25, 0.3) is 11.3 Å². The summed E-state index contributed by atoms with van der Waals surface area (Å²) >= 11 is 0. The lowest BCUT2D eigenvalue weighted by molar-refractivity contribution is 0.287. The summed E-state index contributed by atoms with van der Waals surface area (Å²) in [5.74, 6) is -0.517. The van der Waals surface area contributed by atoms with Crippen LogP contribution in [0.4, 0.5) is 20.4 Å². The average molecular weight is 389 g/mol. The van der Waals surface area contributed by atoms with Crippen LogP contribution in [-0.4, -0.2) is 48.3 Å². The number of aromatic nitrogens is 2. The van der Waals surface area contributed by atoms with Gasteiger partial charge in [-0.25, -0.2) is 18.7 Å². The fraction of sp³-hybridized carbons (Fsp3) is 0.500. The maximum Gasteiger partial charge on any atom is 0.223 e. The van der Waals surface area contributed by atoms with Crippen LogP contribution in [0.2, 0.25) is 0 Å². The standard InChI is InChI=1S/C20H25F2N5O/c1-12(2)27-7-8-28-19-15(21)9-13(10-17(19)27)18-16(22)11-24-20(26-18)25-14-3-5-23-6-4-14/h9-12,14,23H,3-8H2,1-2H3,(H,24,25,26). The topological polar surface area (TPSA) is 62.3 Å². The largest absolute Gasteiger partial charge is 0.486 e.